The van der Waals surface area contributed by atoms with Gasteiger partial charge in [0.2, 0.25) is 0 Å². The number of carbonyl (C=O) groups excluding carboxylic acids is 1. The van der Waals surface area contributed by atoms with E-state index >= 15 is 0 Å². The molecule has 3 aromatic rings. The fourth-order valence-electron chi connectivity index (χ4n) is 2.69. The van der Waals surface area contributed by atoms with Gasteiger partial charge in [0.25, 0.3) is 5.91 Å². The van der Waals surface area contributed by atoms with Crippen LogP contribution in [0.3, 0.4) is 0 Å². The van der Waals surface area contributed by atoms with Gasteiger partial charge in [-0.3, -0.25) is 4.79 Å². The lowest BCUT2D eigenvalue weighted by Crippen LogP contribution is -2.16. The highest BCUT2D eigenvalue weighted by Gasteiger charge is 2.14. The Morgan fingerprint density at radius 1 is 0.962 bits per heavy atom. The number of hydrogen-bond acceptors (Lipinski definition) is 4. The van der Waals surface area contributed by atoms with E-state index in [2.05, 4.69) is 15.6 Å². The fraction of sp³-hybridized carbons (Fsp3) is 0.143. The second kappa shape index (κ2) is 7.70. The smallest absolute Gasteiger partial charge is 0.259 e. The van der Waals surface area contributed by atoms with Crippen molar-refractivity contribution < 1.29 is 9.53 Å². The molecule has 0 fully saturated rings. The van der Waals surface area contributed by atoms with Crippen molar-refractivity contribution in [3.8, 4) is 5.75 Å². The van der Waals surface area contributed by atoms with Crippen LogP contribution in [0.5, 0.6) is 5.75 Å². The molecule has 26 heavy (non-hydrogen) atoms. The van der Waals surface area contributed by atoms with Crippen LogP contribution in [0.25, 0.3) is 0 Å². The number of anilines is 3. The Morgan fingerprint density at radius 2 is 1.65 bits per heavy atom. The van der Waals surface area contributed by atoms with Crippen molar-refractivity contribution >= 4 is 23.1 Å². The van der Waals surface area contributed by atoms with E-state index < -0.39 is 0 Å². The van der Waals surface area contributed by atoms with Gasteiger partial charge in [0.1, 0.15) is 11.6 Å². The van der Waals surface area contributed by atoms with E-state index in [0.29, 0.717) is 11.4 Å². The SMILES string of the molecule is COc1ccc(Nc2ncccc2C(=O)Nc2c(C)cccc2C)cc1. The molecule has 0 atom stereocenters. The lowest BCUT2D eigenvalue weighted by Gasteiger charge is -2.14. The van der Waals surface area contributed by atoms with E-state index in [4.69, 9.17) is 4.74 Å². The zero-order valence-electron chi connectivity index (χ0n) is 15.0. The summed E-state index contributed by atoms with van der Waals surface area (Å²) in [6, 6.07) is 16.9. The summed E-state index contributed by atoms with van der Waals surface area (Å²) in [7, 11) is 1.62. The zero-order valence-corrected chi connectivity index (χ0v) is 15.0. The molecule has 2 N–H and O–H groups in total. The highest BCUT2D eigenvalue weighted by Crippen LogP contribution is 2.24. The molecule has 0 bridgehead atoms. The molecular formula is C21H21N3O2. The molecule has 0 unspecified atom stereocenters. The number of nitrogens with zero attached hydrogens (tertiary/aromatic N) is 1. The number of hydrogen-bond donors (Lipinski definition) is 2. The van der Waals surface area contributed by atoms with Crippen molar-refractivity contribution in [3.63, 3.8) is 0 Å². The summed E-state index contributed by atoms with van der Waals surface area (Å²) < 4.78 is 5.16. The third-order valence-corrected chi connectivity index (χ3v) is 4.12. The van der Waals surface area contributed by atoms with Crippen molar-refractivity contribution in [1.82, 2.24) is 4.98 Å². The summed E-state index contributed by atoms with van der Waals surface area (Å²) in [5.74, 6) is 1.07. The molecule has 5 nitrogen and oxygen atoms in total. The molecule has 0 spiro atoms. The van der Waals surface area contributed by atoms with Gasteiger partial charge in [-0.2, -0.15) is 0 Å². The van der Waals surface area contributed by atoms with Gasteiger partial charge < -0.3 is 15.4 Å². The maximum absolute atomic E-state index is 12.8. The van der Waals surface area contributed by atoms with E-state index in [-0.39, 0.29) is 5.91 Å². The first-order chi connectivity index (χ1) is 12.6. The average Bonchev–Trinajstić information content (AvgIpc) is 2.66. The number of carbonyl (C=O) groups is 1. The second-order valence-electron chi connectivity index (χ2n) is 5.97. The topological polar surface area (TPSA) is 63.2 Å². The number of para-hydroxylation sites is 1. The Bertz CT molecular complexity index is 901. The third kappa shape index (κ3) is 3.83. The average molecular weight is 347 g/mol. The van der Waals surface area contributed by atoms with E-state index in [0.717, 1.165) is 28.3 Å². The van der Waals surface area contributed by atoms with Gasteiger partial charge in [0.15, 0.2) is 0 Å². The van der Waals surface area contributed by atoms with Crippen molar-refractivity contribution in [2.24, 2.45) is 0 Å². The molecule has 0 aliphatic carbocycles. The molecule has 5 heteroatoms. The summed E-state index contributed by atoms with van der Waals surface area (Å²) in [4.78, 5) is 17.1. The van der Waals surface area contributed by atoms with Crippen molar-refractivity contribution in [1.29, 1.82) is 0 Å². The highest BCUT2D eigenvalue weighted by atomic mass is 16.5. The molecule has 0 saturated carbocycles. The molecule has 0 aliphatic heterocycles. The van der Waals surface area contributed by atoms with E-state index in [1.165, 1.54) is 0 Å². The Labute approximate surface area is 153 Å². The monoisotopic (exact) mass is 347 g/mol. The molecule has 0 radical (unpaired) electrons. The van der Waals surface area contributed by atoms with Gasteiger partial charge in [0.05, 0.1) is 12.7 Å². The first kappa shape index (κ1) is 17.5. The maximum atomic E-state index is 12.8. The molecule has 132 valence electrons. The number of aryl methyl sites for hydroxylation is 2. The Kier molecular flexibility index (Phi) is 5.17. The van der Waals surface area contributed by atoms with E-state index in [1.54, 1.807) is 25.4 Å². The van der Waals surface area contributed by atoms with Crippen LogP contribution in [-0.4, -0.2) is 18.0 Å². The Hall–Kier alpha value is -3.34. The molecule has 0 saturated heterocycles. The molecule has 1 heterocycles. The second-order valence-corrected chi connectivity index (χ2v) is 5.97. The summed E-state index contributed by atoms with van der Waals surface area (Å²) in [5.41, 5.74) is 4.17. The van der Waals surface area contributed by atoms with Crippen LogP contribution < -0.4 is 15.4 Å². The van der Waals surface area contributed by atoms with Gasteiger partial charge in [-0.1, -0.05) is 18.2 Å². The lowest BCUT2D eigenvalue weighted by atomic mass is 10.1. The van der Waals surface area contributed by atoms with Gasteiger partial charge >= 0.3 is 0 Å². The number of ether oxygens (including phenoxy) is 1. The predicted molar refractivity (Wildman–Crippen MR) is 104 cm³/mol. The summed E-state index contributed by atoms with van der Waals surface area (Å²) in [6.07, 6.45) is 1.65. The zero-order chi connectivity index (χ0) is 18.5. The maximum Gasteiger partial charge on any atom is 0.259 e. The quantitative estimate of drug-likeness (QED) is 0.702. The first-order valence-corrected chi connectivity index (χ1v) is 8.32. The third-order valence-electron chi connectivity index (χ3n) is 4.12. The Morgan fingerprint density at radius 3 is 2.31 bits per heavy atom. The Balaban J connectivity index is 1.85. The lowest BCUT2D eigenvalue weighted by molar-refractivity contribution is 0.102. The minimum absolute atomic E-state index is 0.202. The number of aromatic nitrogens is 1. The number of rotatable bonds is 5. The minimum Gasteiger partial charge on any atom is -0.497 e. The summed E-state index contributed by atoms with van der Waals surface area (Å²) in [6.45, 7) is 3.95. The number of nitrogens with one attached hydrogen (secondary N) is 2. The minimum atomic E-state index is -0.202. The van der Waals surface area contributed by atoms with Gasteiger partial charge in [-0.25, -0.2) is 4.98 Å². The molecule has 1 amide bonds. The first-order valence-electron chi connectivity index (χ1n) is 8.32. The summed E-state index contributed by atoms with van der Waals surface area (Å²) >= 11 is 0. The number of methoxy groups -OCH3 is 1. The van der Waals surface area contributed by atoms with Gasteiger partial charge in [-0.05, 0) is 61.4 Å². The van der Waals surface area contributed by atoms with Crippen LogP contribution in [0, 0.1) is 13.8 Å². The fourth-order valence-corrected chi connectivity index (χ4v) is 2.69. The van der Waals surface area contributed by atoms with Gasteiger partial charge in [-0.15, -0.1) is 0 Å². The number of pyridine rings is 1. The van der Waals surface area contributed by atoms with Crippen molar-refractivity contribution in [3.05, 3.63) is 77.5 Å². The molecule has 2 aromatic carbocycles. The summed E-state index contributed by atoms with van der Waals surface area (Å²) in [5, 5.41) is 6.19. The van der Waals surface area contributed by atoms with E-state index in [1.807, 2.05) is 56.3 Å². The van der Waals surface area contributed by atoms with Crippen LogP contribution in [0.2, 0.25) is 0 Å². The van der Waals surface area contributed by atoms with Gasteiger partial charge in [0, 0.05) is 17.6 Å². The van der Waals surface area contributed by atoms with Crippen molar-refractivity contribution in [2.75, 3.05) is 17.7 Å². The standard InChI is InChI=1S/C21H21N3O2/c1-14-6-4-7-15(2)19(14)24-21(25)18-8-5-13-22-20(18)23-16-9-11-17(26-3)12-10-16/h4-13H,1-3H3,(H,22,23)(H,24,25). The van der Waals surface area contributed by atoms with Crippen LogP contribution >= 0.6 is 0 Å². The van der Waals surface area contributed by atoms with Crippen LogP contribution in [-0.2, 0) is 0 Å². The van der Waals surface area contributed by atoms with E-state index in [9.17, 15) is 4.79 Å². The van der Waals surface area contributed by atoms with Crippen LogP contribution in [0.1, 0.15) is 21.5 Å². The van der Waals surface area contributed by atoms with Crippen LogP contribution in [0.15, 0.2) is 60.8 Å². The highest BCUT2D eigenvalue weighted by molar-refractivity contribution is 6.08. The molecular weight excluding hydrogens is 326 g/mol. The number of amides is 1. The molecule has 0 aliphatic rings. The normalized spacial score (nSPS) is 10.3. The van der Waals surface area contributed by atoms with Crippen molar-refractivity contribution in [2.45, 2.75) is 13.8 Å². The molecule has 1 aromatic heterocycles. The predicted octanol–water partition coefficient (Wildman–Crippen LogP) is 4.70. The number of benzene rings is 2. The largest absolute Gasteiger partial charge is 0.497 e. The van der Waals surface area contributed by atoms with Crippen LogP contribution in [0.4, 0.5) is 17.2 Å². The molecule has 3 rings (SSSR count).